The fourth-order valence-corrected chi connectivity index (χ4v) is 24.7. The molecule has 0 aliphatic rings. The van der Waals surface area contributed by atoms with Gasteiger partial charge in [0.05, 0.1) is 44.1 Å². The molecule has 5 aromatic heterocycles. The Bertz CT molecular complexity index is 5580. The fourth-order valence-electron chi connectivity index (χ4n) is 15.2. The third kappa shape index (κ3) is 8.09. The molecule has 0 spiro atoms. The second-order valence-electron chi connectivity index (χ2n) is 23.9. The molecule has 13 aromatic carbocycles. The van der Waals surface area contributed by atoms with Gasteiger partial charge in [0.2, 0.25) is 5.78 Å². The number of benzene rings is 13. The second kappa shape index (κ2) is 21.5. The summed E-state index contributed by atoms with van der Waals surface area (Å²) in [6.07, 6.45) is 0. The fraction of sp³-hybridized carbons (Fsp3) is 0. The Morgan fingerprint density at radius 1 is 0.228 bits per heavy atom. The zero-order valence-electron chi connectivity index (χ0n) is 50.0. The summed E-state index contributed by atoms with van der Waals surface area (Å²) >= 11 is 0. The van der Waals surface area contributed by atoms with Gasteiger partial charge < -0.3 is 4.57 Å². The molecule has 18 aromatic rings. The van der Waals surface area contributed by atoms with E-state index in [1.165, 1.54) is 52.3 Å². The van der Waals surface area contributed by atoms with Gasteiger partial charge in [-0.25, -0.2) is 15.0 Å². The molecule has 0 aliphatic heterocycles. The molecule has 0 fully saturated rings. The van der Waals surface area contributed by atoms with E-state index in [4.69, 9.17) is 15.0 Å². The minimum Gasteiger partial charge on any atom is -0.309 e. The van der Waals surface area contributed by atoms with E-state index in [0.29, 0.717) is 11.6 Å². The van der Waals surface area contributed by atoms with Gasteiger partial charge in [-0.3, -0.25) is 13.5 Å². The van der Waals surface area contributed by atoms with Crippen LogP contribution in [-0.2, 0) is 0 Å². The van der Waals surface area contributed by atoms with Crippen molar-refractivity contribution in [1.82, 2.24) is 33.1 Å². The number of rotatable bonds is 12. The lowest BCUT2D eigenvalue weighted by molar-refractivity contribution is 0.980. The first-order valence-electron chi connectivity index (χ1n) is 31.4. The van der Waals surface area contributed by atoms with Crippen LogP contribution in [0.3, 0.4) is 0 Å². The van der Waals surface area contributed by atoms with Crippen molar-refractivity contribution in [2.75, 3.05) is 0 Å². The van der Waals surface area contributed by atoms with Crippen LogP contribution < -0.4 is 41.5 Å². The van der Waals surface area contributed by atoms with E-state index in [0.717, 1.165) is 77.8 Å². The molecule has 0 N–H and O–H groups in total. The smallest absolute Gasteiger partial charge is 0.221 e. The molecule has 0 radical (unpaired) electrons. The average molecular weight is 1210 g/mol. The van der Waals surface area contributed by atoms with Crippen LogP contribution in [0.15, 0.2) is 346 Å². The van der Waals surface area contributed by atoms with E-state index >= 15 is 0 Å². The molecule has 0 saturated heterocycles. The Morgan fingerprint density at radius 2 is 0.620 bits per heavy atom. The van der Waals surface area contributed by atoms with E-state index < -0.39 is 16.1 Å². The Morgan fingerprint density at radius 3 is 1.12 bits per heavy atom. The molecule has 0 unspecified atom stereocenters. The minimum atomic E-state index is -2.98. The molecule has 432 valence electrons. The molecule has 0 bridgehead atoms. The summed E-state index contributed by atoms with van der Waals surface area (Å²) < 4.78 is 9.35. The van der Waals surface area contributed by atoms with Crippen LogP contribution in [0.5, 0.6) is 0 Å². The Kier molecular flexibility index (Phi) is 12.4. The molecule has 7 nitrogen and oxygen atoms in total. The first-order valence-corrected chi connectivity index (χ1v) is 35.4. The van der Waals surface area contributed by atoms with Crippen molar-refractivity contribution >= 4 is 129 Å². The van der Waals surface area contributed by atoms with Crippen molar-refractivity contribution < 1.29 is 0 Å². The van der Waals surface area contributed by atoms with E-state index in [1.807, 2.05) is 0 Å². The summed E-state index contributed by atoms with van der Waals surface area (Å²) in [5, 5.41) is 15.2. The van der Waals surface area contributed by atoms with Gasteiger partial charge in [0, 0.05) is 38.9 Å². The zero-order chi connectivity index (χ0) is 60.7. The van der Waals surface area contributed by atoms with Crippen molar-refractivity contribution in [2.45, 2.75) is 0 Å². The predicted molar refractivity (Wildman–Crippen MR) is 386 cm³/mol. The number of imidazole rings is 2. The van der Waals surface area contributed by atoms with Crippen LogP contribution in [0.4, 0.5) is 0 Å². The largest absolute Gasteiger partial charge is 0.309 e. The Hall–Kier alpha value is -11.8. The van der Waals surface area contributed by atoms with Crippen LogP contribution in [0.25, 0.3) is 100 Å². The number of hydrogen-bond donors (Lipinski definition) is 0. The highest BCUT2D eigenvalue weighted by Crippen LogP contribution is 2.37. The van der Waals surface area contributed by atoms with Gasteiger partial charge in [0.1, 0.15) is 11.6 Å². The summed E-state index contributed by atoms with van der Waals surface area (Å²) in [6.45, 7) is 0. The van der Waals surface area contributed by atoms with Gasteiger partial charge in [-0.15, -0.1) is 0 Å². The number of fused-ring (bicyclic) bond motifs is 11. The van der Waals surface area contributed by atoms with E-state index in [-0.39, 0.29) is 0 Å². The molecular formula is C83H57N7Si2. The maximum atomic E-state index is 5.78. The van der Waals surface area contributed by atoms with E-state index in [1.54, 1.807) is 0 Å². The second-order valence-corrected chi connectivity index (χ2v) is 31.5. The quantitative estimate of drug-likeness (QED) is 0.0905. The topological polar surface area (TPSA) is 57.9 Å². The van der Waals surface area contributed by atoms with Gasteiger partial charge in [0.25, 0.3) is 0 Å². The number of hydrogen-bond acceptors (Lipinski definition) is 3. The van der Waals surface area contributed by atoms with Gasteiger partial charge in [-0.1, -0.05) is 279 Å². The predicted octanol–water partition coefficient (Wildman–Crippen LogP) is 13.8. The molecule has 92 heavy (non-hydrogen) atoms. The van der Waals surface area contributed by atoms with Crippen molar-refractivity contribution in [3.05, 3.63) is 346 Å². The SMILES string of the molecule is c1ccc([Si](c2ccccc2)(c2ccccc2)c2ccc3c(c2)c2ccccc2n3-c2cc(-n3c4ccc([Si](c5ccccc5)(c5ccccc5)c5ccccc5)cc4n4c5ccccc5nc34)nc(-c3cccc(-n4c5ccccc5c5ccccc54)c3)n2)cc1. The highest BCUT2D eigenvalue weighted by molar-refractivity contribution is 7.20. The van der Waals surface area contributed by atoms with Crippen LogP contribution in [0.1, 0.15) is 0 Å². The normalized spacial score (nSPS) is 12.1. The van der Waals surface area contributed by atoms with Crippen LogP contribution in [0.2, 0.25) is 0 Å². The molecule has 0 atom stereocenters. The van der Waals surface area contributed by atoms with Crippen molar-refractivity contribution in [3.63, 3.8) is 0 Å². The zero-order valence-corrected chi connectivity index (χ0v) is 52.0. The highest BCUT2D eigenvalue weighted by Gasteiger charge is 2.43. The number of para-hydroxylation sites is 5. The summed E-state index contributed by atoms with van der Waals surface area (Å²) in [4.78, 5) is 17.1. The van der Waals surface area contributed by atoms with Gasteiger partial charge >= 0.3 is 0 Å². The lowest BCUT2D eigenvalue weighted by Gasteiger charge is -2.34. The molecule has 18 rings (SSSR count). The monoisotopic (exact) mass is 1210 g/mol. The Balaban J connectivity index is 0.920. The maximum Gasteiger partial charge on any atom is 0.221 e. The highest BCUT2D eigenvalue weighted by atomic mass is 28.3. The lowest BCUT2D eigenvalue weighted by Crippen LogP contribution is -2.74. The van der Waals surface area contributed by atoms with E-state index in [9.17, 15) is 0 Å². The average Bonchev–Trinajstić information content (AvgIpc) is 1.48. The molecule has 0 aliphatic carbocycles. The number of nitrogens with zero attached hydrogens (tertiary/aromatic N) is 7. The third-order valence-corrected chi connectivity index (χ3v) is 28.6. The Labute approximate surface area is 533 Å². The molecule has 0 amide bonds. The summed E-state index contributed by atoms with van der Waals surface area (Å²) in [7, 11) is -5.90. The molecule has 9 heteroatoms. The van der Waals surface area contributed by atoms with Gasteiger partial charge in [-0.05, 0) is 102 Å². The number of aromatic nitrogens is 7. The lowest BCUT2D eigenvalue weighted by atomic mass is 10.1. The van der Waals surface area contributed by atoms with Crippen molar-refractivity contribution in [2.24, 2.45) is 0 Å². The summed E-state index contributed by atoms with van der Waals surface area (Å²) in [5.41, 5.74) is 10.2. The summed E-state index contributed by atoms with van der Waals surface area (Å²) in [5.74, 6) is 2.78. The standard InChI is InChI=1S/C83H57N7Si2/c1-7-30-60(31-8-1)91(61-32-9-2-10-33-61,62-34-11-3-12-35-62)66-50-52-76-71(55-66)70-44-21-25-48-75(70)88(76)80-57-81(86-82(85-80)58-28-27-29-59(54-58)87-73-46-23-19-42-68(73)69-43-20-24-47-74(69)87)90-78-53-51-67(56-79(78)89-77-49-26-22-45-72(77)84-83(89)90)92(63-36-13-4-14-37-63,64-38-15-5-16-39-64)65-40-17-6-18-41-65/h1-57H. The van der Waals surface area contributed by atoms with Crippen LogP contribution in [0, 0.1) is 0 Å². The van der Waals surface area contributed by atoms with Crippen LogP contribution >= 0.6 is 0 Å². The third-order valence-electron chi connectivity index (χ3n) is 19.1. The van der Waals surface area contributed by atoms with Gasteiger partial charge in [0.15, 0.2) is 22.0 Å². The molecule has 5 heterocycles. The van der Waals surface area contributed by atoms with E-state index in [2.05, 4.69) is 364 Å². The molecule has 0 saturated carbocycles. The minimum absolute atomic E-state index is 0.586. The summed E-state index contributed by atoms with van der Waals surface area (Å²) in [6, 6.07) is 127. The van der Waals surface area contributed by atoms with Crippen LogP contribution in [-0.4, -0.2) is 49.2 Å². The molecular weight excluding hydrogens is 1150 g/mol. The first-order chi connectivity index (χ1) is 45.6. The van der Waals surface area contributed by atoms with Gasteiger partial charge in [-0.2, -0.15) is 0 Å². The van der Waals surface area contributed by atoms with Crippen molar-refractivity contribution in [1.29, 1.82) is 0 Å². The van der Waals surface area contributed by atoms with Crippen molar-refractivity contribution in [3.8, 4) is 28.7 Å². The first kappa shape index (κ1) is 53.3. The maximum absolute atomic E-state index is 5.78.